The largest absolute Gasteiger partial charge is 0.493 e. The fraction of sp³-hybridized carbons (Fsp3) is 0.600. The summed E-state index contributed by atoms with van der Waals surface area (Å²) in [6, 6.07) is 2.58. The highest BCUT2D eigenvalue weighted by atomic mass is 19.4. The molecule has 1 unspecified atom stereocenters. The molecule has 1 N–H and O–H groups in total. The second kappa shape index (κ2) is 7.64. The molecule has 1 aromatic carbocycles. The summed E-state index contributed by atoms with van der Waals surface area (Å²) in [5.41, 5.74) is 0.886. The zero-order valence-corrected chi connectivity index (χ0v) is 12.5. The average Bonchev–Trinajstić information content (AvgIpc) is 2.38. The first-order chi connectivity index (χ1) is 9.74. The molecule has 0 aliphatic rings. The minimum atomic E-state index is -4.26. The number of halogens is 4. The highest BCUT2D eigenvalue weighted by molar-refractivity contribution is 5.40. The summed E-state index contributed by atoms with van der Waals surface area (Å²) >= 11 is 0. The van der Waals surface area contributed by atoms with E-state index in [9.17, 15) is 17.6 Å². The van der Waals surface area contributed by atoms with Crippen LogP contribution in [0.25, 0.3) is 0 Å². The number of hydrogen-bond donors (Lipinski definition) is 1. The Bertz CT molecular complexity index is 460. The molecule has 0 spiro atoms. The van der Waals surface area contributed by atoms with Crippen LogP contribution in [0.3, 0.4) is 0 Å². The molecular formula is C15H21F4NO. The molecule has 0 radical (unpaired) electrons. The molecule has 6 heteroatoms. The van der Waals surface area contributed by atoms with E-state index in [0.29, 0.717) is 16.9 Å². The fourth-order valence-corrected chi connectivity index (χ4v) is 1.88. The van der Waals surface area contributed by atoms with Crippen LogP contribution in [0.5, 0.6) is 5.75 Å². The van der Waals surface area contributed by atoms with Crippen molar-refractivity contribution < 1.29 is 22.3 Å². The van der Waals surface area contributed by atoms with Crippen LogP contribution in [0.2, 0.25) is 0 Å². The Kier molecular flexibility index (Phi) is 6.45. The highest BCUT2D eigenvalue weighted by Gasteiger charge is 2.27. The fourth-order valence-electron chi connectivity index (χ4n) is 1.88. The molecule has 120 valence electrons. The lowest BCUT2D eigenvalue weighted by molar-refractivity contribution is -0.139. The van der Waals surface area contributed by atoms with Crippen molar-refractivity contribution in [1.82, 2.24) is 5.32 Å². The van der Waals surface area contributed by atoms with Crippen molar-refractivity contribution in [3.05, 3.63) is 29.1 Å². The van der Waals surface area contributed by atoms with Crippen molar-refractivity contribution >= 4 is 0 Å². The summed E-state index contributed by atoms with van der Waals surface area (Å²) in [4.78, 5) is 0. The summed E-state index contributed by atoms with van der Waals surface area (Å²) < 4.78 is 55.4. The summed E-state index contributed by atoms with van der Waals surface area (Å²) in [6.07, 6.45) is -4.39. The lowest BCUT2D eigenvalue weighted by Gasteiger charge is -2.19. The number of nitrogens with one attached hydrogen (secondary N) is 1. The van der Waals surface area contributed by atoms with Gasteiger partial charge in [0.05, 0.1) is 13.0 Å². The van der Waals surface area contributed by atoms with Gasteiger partial charge in [-0.15, -0.1) is 0 Å². The molecule has 0 aliphatic heterocycles. The number of ether oxygens (including phenoxy) is 1. The number of alkyl halides is 3. The van der Waals surface area contributed by atoms with Crippen LogP contribution < -0.4 is 10.1 Å². The van der Waals surface area contributed by atoms with E-state index in [-0.39, 0.29) is 6.04 Å². The maximum absolute atomic E-state index is 13.7. The number of hydrogen-bond acceptors (Lipinski definition) is 2. The van der Waals surface area contributed by atoms with E-state index in [1.807, 2.05) is 13.8 Å². The predicted molar refractivity (Wildman–Crippen MR) is 74.0 cm³/mol. The van der Waals surface area contributed by atoms with Crippen LogP contribution in [0.15, 0.2) is 12.1 Å². The minimum absolute atomic E-state index is 0.194. The van der Waals surface area contributed by atoms with Gasteiger partial charge in [-0.25, -0.2) is 4.39 Å². The number of benzene rings is 1. The zero-order valence-electron chi connectivity index (χ0n) is 12.5. The molecular weight excluding hydrogens is 286 g/mol. The zero-order chi connectivity index (χ0) is 16.0. The maximum atomic E-state index is 13.7. The third-order valence-electron chi connectivity index (χ3n) is 3.10. The minimum Gasteiger partial charge on any atom is -0.493 e. The average molecular weight is 307 g/mol. The molecule has 0 aliphatic carbocycles. The lowest BCUT2D eigenvalue weighted by Crippen LogP contribution is -2.21. The Morgan fingerprint density at radius 2 is 1.95 bits per heavy atom. The molecule has 2 nitrogen and oxygen atoms in total. The lowest BCUT2D eigenvalue weighted by atomic mass is 10.0. The molecule has 0 heterocycles. The standard InChI is InChI=1S/C15H21F4NO/c1-4-6-20-11(3)12-9-13(16)10(2)8-14(12)21-7-5-15(17,18)19/h8-9,11,20H,4-7H2,1-3H3. The summed E-state index contributed by atoms with van der Waals surface area (Å²) in [5, 5.41) is 3.17. The van der Waals surface area contributed by atoms with Crippen molar-refractivity contribution in [3.8, 4) is 5.75 Å². The van der Waals surface area contributed by atoms with Crippen LogP contribution >= 0.6 is 0 Å². The summed E-state index contributed by atoms with van der Waals surface area (Å²) in [7, 11) is 0. The Balaban J connectivity index is 2.87. The third kappa shape index (κ3) is 5.91. The van der Waals surface area contributed by atoms with E-state index in [1.54, 1.807) is 6.92 Å². The smallest absolute Gasteiger partial charge is 0.392 e. The topological polar surface area (TPSA) is 21.3 Å². The first kappa shape index (κ1) is 17.8. The van der Waals surface area contributed by atoms with Crippen molar-refractivity contribution in [2.75, 3.05) is 13.2 Å². The van der Waals surface area contributed by atoms with Gasteiger partial charge in [-0.2, -0.15) is 13.2 Å². The Morgan fingerprint density at radius 1 is 1.29 bits per heavy atom. The number of rotatable bonds is 7. The molecule has 0 amide bonds. The van der Waals surface area contributed by atoms with E-state index < -0.39 is 25.0 Å². The maximum Gasteiger partial charge on any atom is 0.392 e. The van der Waals surface area contributed by atoms with Gasteiger partial charge in [-0.1, -0.05) is 6.92 Å². The van der Waals surface area contributed by atoms with E-state index in [2.05, 4.69) is 5.32 Å². The third-order valence-corrected chi connectivity index (χ3v) is 3.10. The van der Waals surface area contributed by atoms with Gasteiger partial charge in [-0.3, -0.25) is 0 Å². The van der Waals surface area contributed by atoms with Crippen LogP contribution in [-0.4, -0.2) is 19.3 Å². The van der Waals surface area contributed by atoms with Gasteiger partial charge in [0.2, 0.25) is 0 Å². The van der Waals surface area contributed by atoms with Crippen molar-refractivity contribution in [2.24, 2.45) is 0 Å². The normalized spacial score (nSPS) is 13.3. The Labute approximate surface area is 122 Å². The molecule has 1 atom stereocenters. The van der Waals surface area contributed by atoms with E-state index >= 15 is 0 Å². The molecule has 0 aromatic heterocycles. The van der Waals surface area contributed by atoms with Crippen molar-refractivity contribution in [3.63, 3.8) is 0 Å². The van der Waals surface area contributed by atoms with Gasteiger partial charge in [-0.05, 0) is 44.5 Å². The van der Waals surface area contributed by atoms with Gasteiger partial charge >= 0.3 is 6.18 Å². The molecule has 0 bridgehead atoms. The van der Waals surface area contributed by atoms with E-state index in [4.69, 9.17) is 4.74 Å². The summed E-state index contributed by atoms with van der Waals surface area (Å²) in [5.74, 6) is -0.0902. The second-order valence-electron chi connectivity index (χ2n) is 5.03. The van der Waals surface area contributed by atoms with Gasteiger partial charge < -0.3 is 10.1 Å². The first-order valence-corrected chi connectivity index (χ1v) is 6.97. The molecule has 1 aromatic rings. The predicted octanol–water partition coefficient (Wildman–Crippen LogP) is 4.53. The second-order valence-corrected chi connectivity index (χ2v) is 5.03. The van der Waals surface area contributed by atoms with E-state index in [1.165, 1.54) is 12.1 Å². The van der Waals surface area contributed by atoms with Crippen LogP contribution in [0, 0.1) is 12.7 Å². The Morgan fingerprint density at radius 3 is 2.52 bits per heavy atom. The quantitative estimate of drug-likeness (QED) is 0.748. The molecule has 0 saturated carbocycles. The van der Waals surface area contributed by atoms with Gasteiger partial charge in [0.15, 0.2) is 0 Å². The molecule has 0 fully saturated rings. The highest BCUT2D eigenvalue weighted by Crippen LogP contribution is 2.29. The summed E-state index contributed by atoms with van der Waals surface area (Å²) in [6.45, 7) is 5.65. The monoisotopic (exact) mass is 307 g/mol. The van der Waals surface area contributed by atoms with Crippen LogP contribution in [0.1, 0.15) is 43.9 Å². The van der Waals surface area contributed by atoms with Gasteiger partial charge in [0.25, 0.3) is 0 Å². The first-order valence-electron chi connectivity index (χ1n) is 6.97. The van der Waals surface area contributed by atoms with Crippen LogP contribution in [0.4, 0.5) is 17.6 Å². The van der Waals surface area contributed by atoms with Gasteiger partial charge in [0.1, 0.15) is 11.6 Å². The SMILES string of the molecule is CCCNC(C)c1cc(F)c(C)cc1OCCC(F)(F)F. The molecule has 21 heavy (non-hydrogen) atoms. The van der Waals surface area contributed by atoms with Crippen LogP contribution in [-0.2, 0) is 0 Å². The van der Waals surface area contributed by atoms with Crippen molar-refractivity contribution in [1.29, 1.82) is 0 Å². The molecule has 0 saturated heterocycles. The van der Waals surface area contributed by atoms with Crippen molar-refractivity contribution in [2.45, 2.75) is 45.8 Å². The van der Waals surface area contributed by atoms with E-state index in [0.717, 1.165) is 13.0 Å². The van der Waals surface area contributed by atoms with Gasteiger partial charge in [0, 0.05) is 11.6 Å². The molecule has 1 rings (SSSR count). The number of aryl methyl sites for hydroxylation is 1. The Hall–Kier alpha value is -1.30.